The summed E-state index contributed by atoms with van der Waals surface area (Å²) in [4.78, 5) is 15.1. The third-order valence-corrected chi connectivity index (χ3v) is 2.37. The van der Waals surface area contributed by atoms with Crippen LogP contribution in [0, 0.1) is 0 Å². The Kier molecular flexibility index (Phi) is 2.88. The number of pyridine rings is 1. The maximum atomic E-state index is 10.9. The molecular weight excluding hydrogens is 218 g/mol. The number of aromatic nitrogens is 3. The molecule has 2 rings (SSSR count). The quantitative estimate of drug-likeness (QED) is 0.797. The van der Waals surface area contributed by atoms with Crippen LogP contribution < -0.4 is 11.5 Å². The molecule has 0 saturated carbocycles. The summed E-state index contributed by atoms with van der Waals surface area (Å²) < 4.78 is 1.49. The molecule has 0 fully saturated rings. The predicted octanol–water partition coefficient (Wildman–Crippen LogP) is 0.386. The summed E-state index contributed by atoms with van der Waals surface area (Å²) in [6.45, 7) is 1.88. The number of nitrogens with zero attached hydrogens (tertiary/aromatic N) is 3. The van der Waals surface area contributed by atoms with Crippen molar-refractivity contribution in [1.29, 1.82) is 0 Å². The molecule has 88 valence electrons. The normalized spacial score (nSPS) is 12.4. The number of hydrogen-bond acceptors (Lipinski definition) is 4. The molecule has 0 aliphatic rings. The van der Waals surface area contributed by atoms with Gasteiger partial charge in [0.05, 0.1) is 0 Å². The Bertz CT molecular complexity index is 529. The predicted molar refractivity (Wildman–Crippen MR) is 62.5 cm³/mol. The summed E-state index contributed by atoms with van der Waals surface area (Å²) in [5.74, 6) is 0.0536. The number of hydrogen-bond donors (Lipinski definition) is 2. The van der Waals surface area contributed by atoms with Crippen LogP contribution in [-0.2, 0) is 0 Å². The van der Waals surface area contributed by atoms with Gasteiger partial charge in [-0.15, -0.1) is 0 Å². The molecule has 6 nitrogen and oxygen atoms in total. The second-order valence-electron chi connectivity index (χ2n) is 3.75. The third-order valence-electron chi connectivity index (χ3n) is 2.37. The number of nitrogens with two attached hydrogens (primary N) is 2. The van der Waals surface area contributed by atoms with E-state index in [1.807, 2.05) is 13.0 Å². The van der Waals surface area contributed by atoms with Crippen LogP contribution >= 0.6 is 0 Å². The van der Waals surface area contributed by atoms with Gasteiger partial charge in [-0.1, -0.05) is 6.07 Å². The molecule has 0 bridgehead atoms. The Balaban J connectivity index is 2.30. The highest BCUT2D eigenvalue weighted by molar-refractivity contribution is 5.90. The van der Waals surface area contributed by atoms with Gasteiger partial charge in [-0.25, -0.2) is 9.67 Å². The van der Waals surface area contributed by atoms with Crippen LogP contribution in [0.1, 0.15) is 29.0 Å². The molecule has 2 aromatic rings. The second kappa shape index (κ2) is 4.34. The van der Waals surface area contributed by atoms with E-state index in [1.165, 1.54) is 4.68 Å². The number of primary amides is 1. The lowest BCUT2D eigenvalue weighted by Crippen LogP contribution is -2.12. The maximum Gasteiger partial charge on any atom is 0.269 e. The van der Waals surface area contributed by atoms with E-state index in [4.69, 9.17) is 11.5 Å². The van der Waals surface area contributed by atoms with Crippen LogP contribution in [0.3, 0.4) is 0 Å². The summed E-state index contributed by atoms with van der Waals surface area (Å²) in [6, 6.07) is 5.15. The van der Waals surface area contributed by atoms with Gasteiger partial charge < -0.3 is 11.5 Å². The fourth-order valence-corrected chi connectivity index (χ4v) is 1.39. The van der Waals surface area contributed by atoms with E-state index in [9.17, 15) is 4.79 Å². The van der Waals surface area contributed by atoms with Gasteiger partial charge in [-0.2, -0.15) is 5.10 Å². The van der Waals surface area contributed by atoms with Gasteiger partial charge in [-0.3, -0.25) is 4.79 Å². The van der Waals surface area contributed by atoms with Crippen molar-refractivity contribution < 1.29 is 4.79 Å². The molecule has 2 aromatic heterocycles. The zero-order valence-electron chi connectivity index (χ0n) is 9.37. The van der Waals surface area contributed by atoms with Crippen LogP contribution in [0.4, 0.5) is 0 Å². The fraction of sp³-hybridized carbons (Fsp3) is 0.182. The lowest BCUT2D eigenvalue weighted by molar-refractivity contribution is 0.0995. The first-order valence-corrected chi connectivity index (χ1v) is 5.15. The summed E-state index contributed by atoms with van der Waals surface area (Å²) in [5.41, 5.74) is 12.0. The Morgan fingerprint density at radius 1 is 1.41 bits per heavy atom. The van der Waals surface area contributed by atoms with E-state index in [0.29, 0.717) is 5.82 Å². The van der Waals surface area contributed by atoms with Crippen molar-refractivity contribution >= 4 is 5.91 Å². The van der Waals surface area contributed by atoms with Gasteiger partial charge in [-0.05, 0) is 24.6 Å². The van der Waals surface area contributed by atoms with Crippen LogP contribution in [0.15, 0.2) is 30.6 Å². The van der Waals surface area contributed by atoms with Crippen molar-refractivity contribution in [2.75, 3.05) is 0 Å². The highest BCUT2D eigenvalue weighted by Crippen LogP contribution is 2.10. The van der Waals surface area contributed by atoms with Crippen molar-refractivity contribution in [1.82, 2.24) is 14.8 Å². The molecule has 0 spiro atoms. The van der Waals surface area contributed by atoms with Gasteiger partial charge >= 0.3 is 0 Å². The van der Waals surface area contributed by atoms with Crippen molar-refractivity contribution in [2.24, 2.45) is 11.5 Å². The number of amides is 1. The molecule has 17 heavy (non-hydrogen) atoms. The molecule has 2 heterocycles. The van der Waals surface area contributed by atoms with Gasteiger partial charge in [0.1, 0.15) is 5.69 Å². The van der Waals surface area contributed by atoms with Crippen LogP contribution in [0.25, 0.3) is 5.82 Å². The Hall–Kier alpha value is -2.21. The Morgan fingerprint density at radius 2 is 2.18 bits per heavy atom. The maximum absolute atomic E-state index is 10.9. The van der Waals surface area contributed by atoms with E-state index in [0.717, 1.165) is 5.56 Å². The van der Waals surface area contributed by atoms with Crippen LogP contribution in [-0.4, -0.2) is 20.7 Å². The monoisotopic (exact) mass is 231 g/mol. The Labute approximate surface area is 98.3 Å². The van der Waals surface area contributed by atoms with E-state index < -0.39 is 5.91 Å². The highest BCUT2D eigenvalue weighted by Gasteiger charge is 2.07. The lowest BCUT2D eigenvalue weighted by atomic mass is 10.2. The summed E-state index contributed by atoms with van der Waals surface area (Å²) in [7, 11) is 0. The van der Waals surface area contributed by atoms with E-state index in [2.05, 4.69) is 10.1 Å². The van der Waals surface area contributed by atoms with Gasteiger partial charge in [0.2, 0.25) is 0 Å². The zero-order valence-corrected chi connectivity index (χ0v) is 9.37. The standard InChI is InChI=1S/C11H13N5O/c1-7(12)8-2-3-10(14-6-8)16-5-4-9(15-16)11(13)17/h2-7H,12H2,1H3,(H2,13,17)/t7-/m0/s1. The van der Waals surface area contributed by atoms with Crippen molar-refractivity contribution in [2.45, 2.75) is 13.0 Å². The second-order valence-corrected chi connectivity index (χ2v) is 3.75. The van der Waals surface area contributed by atoms with E-state index in [1.54, 1.807) is 24.5 Å². The summed E-state index contributed by atoms with van der Waals surface area (Å²) in [6.07, 6.45) is 3.32. The molecule has 1 atom stereocenters. The third kappa shape index (κ3) is 2.31. The largest absolute Gasteiger partial charge is 0.364 e. The molecule has 1 amide bonds. The lowest BCUT2D eigenvalue weighted by Gasteiger charge is -2.05. The molecule has 0 aliphatic heterocycles. The average molecular weight is 231 g/mol. The summed E-state index contributed by atoms with van der Waals surface area (Å²) >= 11 is 0. The Morgan fingerprint density at radius 3 is 2.65 bits per heavy atom. The number of rotatable bonds is 3. The van der Waals surface area contributed by atoms with E-state index in [-0.39, 0.29) is 11.7 Å². The molecule has 6 heteroatoms. The minimum Gasteiger partial charge on any atom is -0.364 e. The molecule has 0 unspecified atom stereocenters. The molecule has 0 saturated heterocycles. The highest BCUT2D eigenvalue weighted by atomic mass is 16.1. The molecule has 4 N–H and O–H groups in total. The smallest absolute Gasteiger partial charge is 0.269 e. The molecular formula is C11H13N5O. The molecule has 0 aliphatic carbocycles. The van der Waals surface area contributed by atoms with E-state index >= 15 is 0 Å². The van der Waals surface area contributed by atoms with Crippen LogP contribution in [0.5, 0.6) is 0 Å². The number of carbonyl (C=O) groups is 1. The molecule has 0 radical (unpaired) electrons. The van der Waals surface area contributed by atoms with Gasteiger partial charge in [0.15, 0.2) is 5.82 Å². The average Bonchev–Trinajstić information content (AvgIpc) is 2.78. The first-order chi connectivity index (χ1) is 8.08. The van der Waals surface area contributed by atoms with Crippen molar-refractivity contribution in [3.8, 4) is 5.82 Å². The van der Waals surface area contributed by atoms with Gasteiger partial charge in [0, 0.05) is 18.4 Å². The van der Waals surface area contributed by atoms with Crippen molar-refractivity contribution in [3.63, 3.8) is 0 Å². The first-order valence-electron chi connectivity index (χ1n) is 5.15. The molecule has 0 aromatic carbocycles. The SMILES string of the molecule is C[C@H](N)c1ccc(-n2ccc(C(N)=O)n2)nc1. The van der Waals surface area contributed by atoms with Gasteiger partial charge in [0.25, 0.3) is 5.91 Å². The van der Waals surface area contributed by atoms with Crippen LogP contribution in [0.2, 0.25) is 0 Å². The first kappa shape index (κ1) is 11.3. The fourth-order valence-electron chi connectivity index (χ4n) is 1.39. The number of carbonyl (C=O) groups excluding carboxylic acids is 1. The van der Waals surface area contributed by atoms with Crippen molar-refractivity contribution in [3.05, 3.63) is 41.9 Å². The minimum absolute atomic E-state index is 0.0599. The topological polar surface area (TPSA) is 99.8 Å². The minimum atomic E-state index is -0.559. The summed E-state index contributed by atoms with van der Waals surface area (Å²) in [5, 5.41) is 4.00. The zero-order chi connectivity index (χ0) is 12.4.